The summed E-state index contributed by atoms with van der Waals surface area (Å²) in [5.41, 5.74) is 1.97. The molecule has 1 aromatic rings. The van der Waals surface area contributed by atoms with Crippen molar-refractivity contribution in [1.29, 1.82) is 0 Å². The van der Waals surface area contributed by atoms with Crippen molar-refractivity contribution in [2.75, 3.05) is 18.5 Å². The molecule has 1 fully saturated rings. The highest BCUT2D eigenvalue weighted by atomic mass is 16.6. The number of anilines is 1. The Balaban J connectivity index is 1.86. The number of aliphatic hydroxyl groups is 1. The lowest BCUT2D eigenvalue weighted by Crippen LogP contribution is -2.41. The van der Waals surface area contributed by atoms with Crippen molar-refractivity contribution in [3.05, 3.63) is 33.9 Å². The van der Waals surface area contributed by atoms with E-state index in [1.807, 2.05) is 6.07 Å². The highest BCUT2D eigenvalue weighted by Crippen LogP contribution is 2.45. The quantitative estimate of drug-likeness (QED) is 0.496. The van der Waals surface area contributed by atoms with Gasteiger partial charge >= 0.3 is 0 Å². The van der Waals surface area contributed by atoms with Crippen LogP contribution in [0.5, 0.6) is 0 Å². The Hall–Kier alpha value is -1.66. The number of unbranched alkanes of at least 4 members (excludes halogenated alkanes) is 1. The van der Waals surface area contributed by atoms with Crippen LogP contribution in [0.4, 0.5) is 11.4 Å². The third-order valence-corrected chi connectivity index (χ3v) is 4.70. The molecule has 0 aromatic heterocycles. The van der Waals surface area contributed by atoms with Gasteiger partial charge in [-0.2, -0.15) is 0 Å². The molecule has 0 radical (unpaired) electrons. The molecule has 120 valence electrons. The molecule has 0 aliphatic carbocycles. The molecule has 0 unspecified atom stereocenters. The predicted octanol–water partition coefficient (Wildman–Crippen LogP) is 3.02. The Morgan fingerprint density at radius 1 is 1.41 bits per heavy atom. The summed E-state index contributed by atoms with van der Waals surface area (Å²) in [6, 6.07) is 5.25. The molecule has 2 aliphatic heterocycles. The lowest BCUT2D eigenvalue weighted by molar-refractivity contribution is -0.384. The van der Waals surface area contributed by atoms with E-state index >= 15 is 0 Å². The maximum Gasteiger partial charge on any atom is 0.271 e. The zero-order valence-corrected chi connectivity index (χ0v) is 12.5. The molecule has 2 aliphatic rings. The highest BCUT2D eigenvalue weighted by Gasteiger charge is 2.39. The Morgan fingerprint density at radius 2 is 2.27 bits per heavy atom. The molecule has 2 heterocycles. The van der Waals surface area contributed by atoms with Crippen molar-refractivity contribution in [3.8, 4) is 0 Å². The summed E-state index contributed by atoms with van der Waals surface area (Å²) in [5, 5.41) is 23.4. The first-order chi connectivity index (χ1) is 10.7. The fraction of sp³-hybridized carbons (Fsp3) is 0.625. The first-order valence-corrected chi connectivity index (χ1v) is 7.98. The summed E-state index contributed by atoms with van der Waals surface area (Å²) < 4.78 is 5.99. The molecule has 2 N–H and O–H groups in total. The van der Waals surface area contributed by atoms with Crippen molar-refractivity contribution >= 4 is 11.4 Å². The van der Waals surface area contributed by atoms with Crippen LogP contribution in [0.2, 0.25) is 0 Å². The van der Waals surface area contributed by atoms with Gasteiger partial charge in [0.25, 0.3) is 5.69 Å². The van der Waals surface area contributed by atoms with E-state index in [2.05, 4.69) is 5.32 Å². The monoisotopic (exact) mass is 306 g/mol. The molecule has 0 saturated carbocycles. The minimum Gasteiger partial charge on any atom is -0.396 e. The van der Waals surface area contributed by atoms with E-state index in [1.54, 1.807) is 12.1 Å². The van der Waals surface area contributed by atoms with Gasteiger partial charge in [-0.25, -0.2) is 0 Å². The Bertz CT molecular complexity index is 549. The molecular formula is C16H22N2O4. The van der Waals surface area contributed by atoms with Crippen LogP contribution in [0.15, 0.2) is 18.2 Å². The summed E-state index contributed by atoms with van der Waals surface area (Å²) in [6.45, 7) is 0.959. The van der Waals surface area contributed by atoms with Crippen molar-refractivity contribution in [2.45, 2.75) is 44.2 Å². The van der Waals surface area contributed by atoms with E-state index in [9.17, 15) is 10.1 Å². The zero-order chi connectivity index (χ0) is 15.5. The number of nitro benzene ring substituents is 1. The van der Waals surface area contributed by atoms with Crippen molar-refractivity contribution in [2.24, 2.45) is 5.92 Å². The molecular weight excluding hydrogens is 284 g/mol. The molecule has 0 amide bonds. The van der Waals surface area contributed by atoms with Gasteiger partial charge in [-0.05, 0) is 38.2 Å². The average molecular weight is 306 g/mol. The van der Waals surface area contributed by atoms with Crippen LogP contribution < -0.4 is 5.32 Å². The van der Waals surface area contributed by atoms with Gasteiger partial charge in [0.15, 0.2) is 0 Å². The summed E-state index contributed by atoms with van der Waals surface area (Å²) in [7, 11) is 0. The molecule has 3 rings (SSSR count). The van der Waals surface area contributed by atoms with E-state index in [0.717, 1.165) is 50.0 Å². The van der Waals surface area contributed by atoms with Crippen LogP contribution in [0.3, 0.4) is 0 Å². The second kappa shape index (κ2) is 6.62. The highest BCUT2D eigenvalue weighted by molar-refractivity contribution is 5.60. The third-order valence-electron chi connectivity index (χ3n) is 4.70. The molecule has 3 atom stereocenters. The minimum atomic E-state index is -0.365. The van der Waals surface area contributed by atoms with Gasteiger partial charge < -0.3 is 15.2 Å². The maximum atomic E-state index is 11.0. The summed E-state index contributed by atoms with van der Waals surface area (Å²) in [4.78, 5) is 10.6. The number of nitrogens with one attached hydrogen (secondary N) is 1. The van der Waals surface area contributed by atoms with Crippen molar-refractivity contribution in [3.63, 3.8) is 0 Å². The number of rotatable bonds is 5. The Morgan fingerprint density at radius 3 is 3.05 bits per heavy atom. The topological polar surface area (TPSA) is 84.6 Å². The number of fused-ring (bicyclic) bond motifs is 3. The smallest absolute Gasteiger partial charge is 0.271 e. The number of hydrogen-bond donors (Lipinski definition) is 2. The molecule has 0 bridgehead atoms. The van der Waals surface area contributed by atoms with E-state index in [0.29, 0.717) is 5.92 Å². The second-order valence-electron chi connectivity index (χ2n) is 6.10. The SMILES string of the molecule is O=[N+]([O-])c1ccc2c(c1)N[C@H](CCCCO)[C@@H]1CCCO[C@H]21. The number of nitro groups is 1. The number of hydrogen-bond acceptors (Lipinski definition) is 5. The van der Waals surface area contributed by atoms with E-state index < -0.39 is 0 Å². The number of benzene rings is 1. The first-order valence-electron chi connectivity index (χ1n) is 7.98. The number of aliphatic hydroxyl groups excluding tert-OH is 1. The standard InChI is InChI=1S/C16H22N2O4/c19-8-2-1-5-14-12-4-3-9-22-16(12)13-7-6-11(18(20)21)10-15(13)17-14/h6-7,10,12,14,16-17,19H,1-5,8-9H2/t12-,14+,16-/m0/s1. The summed E-state index contributed by atoms with van der Waals surface area (Å²) in [6.07, 6.45) is 4.89. The number of ether oxygens (including phenoxy) is 1. The van der Waals surface area contributed by atoms with Crippen LogP contribution in [0, 0.1) is 16.0 Å². The fourth-order valence-corrected chi connectivity index (χ4v) is 3.64. The van der Waals surface area contributed by atoms with Crippen LogP contribution >= 0.6 is 0 Å². The Labute approximate surface area is 129 Å². The molecule has 22 heavy (non-hydrogen) atoms. The minimum absolute atomic E-state index is 0.0323. The molecule has 1 saturated heterocycles. The van der Waals surface area contributed by atoms with Gasteiger partial charge in [-0.15, -0.1) is 0 Å². The van der Waals surface area contributed by atoms with Gasteiger partial charge in [-0.3, -0.25) is 10.1 Å². The first kappa shape index (κ1) is 15.2. The zero-order valence-electron chi connectivity index (χ0n) is 12.5. The van der Waals surface area contributed by atoms with Gasteiger partial charge in [-0.1, -0.05) is 0 Å². The number of nitrogens with zero attached hydrogens (tertiary/aromatic N) is 1. The van der Waals surface area contributed by atoms with Crippen LogP contribution in [0.1, 0.15) is 43.8 Å². The maximum absolute atomic E-state index is 11.0. The van der Waals surface area contributed by atoms with Crippen LogP contribution in [-0.4, -0.2) is 29.3 Å². The number of non-ortho nitro benzene ring substituents is 1. The van der Waals surface area contributed by atoms with Crippen LogP contribution in [0.25, 0.3) is 0 Å². The van der Waals surface area contributed by atoms with Gasteiger partial charge in [0.05, 0.1) is 11.0 Å². The van der Waals surface area contributed by atoms with Gasteiger partial charge in [0, 0.05) is 48.6 Å². The van der Waals surface area contributed by atoms with E-state index in [-0.39, 0.29) is 29.4 Å². The lowest BCUT2D eigenvalue weighted by Gasteiger charge is -2.43. The summed E-state index contributed by atoms with van der Waals surface area (Å²) in [5.74, 6) is 0.404. The van der Waals surface area contributed by atoms with Gasteiger partial charge in [0.2, 0.25) is 0 Å². The van der Waals surface area contributed by atoms with E-state index in [1.165, 1.54) is 0 Å². The van der Waals surface area contributed by atoms with Crippen LogP contribution in [-0.2, 0) is 4.74 Å². The molecule has 6 nitrogen and oxygen atoms in total. The molecule has 6 heteroatoms. The van der Waals surface area contributed by atoms with Crippen molar-refractivity contribution < 1.29 is 14.8 Å². The lowest BCUT2D eigenvalue weighted by atomic mass is 9.78. The molecule has 1 aromatic carbocycles. The molecule has 0 spiro atoms. The summed E-state index contributed by atoms with van der Waals surface area (Å²) >= 11 is 0. The fourth-order valence-electron chi connectivity index (χ4n) is 3.64. The second-order valence-corrected chi connectivity index (χ2v) is 6.10. The largest absolute Gasteiger partial charge is 0.396 e. The third kappa shape index (κ3) is 2.94. The van der Waals surface area contributed by atoms with Gasteiger partial charge in [0.1, 0.15) is 0 Å². The normalized spacial score (nSPS) is 26.7. The van der Waals surface area contributed by atoms with E-state index in [4.69, 9.17) is 9.84 Å². The van der Waals surface area contributed by atoms with Crippen molar-refractivity contribution in [1.82, 2.24) is 0 Å². The average Bonchev–Trinajstić information content (AvgIpc) is 2.54. The Kier molecular flexibility index (Phi) is 4.59. The predicted molar refractivity (Wildman–Crippen MR) is 82.9 cm³/mol.